The Morgan fingerprint density at radius 1 is 1.35 bits per heavy atom. The van der Waals surface area contributed by atoms with Crippen LogP contribution >= 0.6 is 15.9 Å². The van der Waals surface area contributed by atoms with Gasteiger partial charge in [0.1, 0.15) is 24.6 Å². The predicted octanol–water partition coefficient (Wildman–Crippen LogP) is -1.22. The number of aliphatic hydroxyl groups is 3. The molecular weight excluding hydrogens is 334 g/mol. The molecule has 20 heavy (non-hydrogen) atoms. The molecule has 1 fully saturated rings. The van der Waals surface area contributed by atoms with Gasteiger partial charge in [-0.3, -0.25) is 4.57 Å². The van der Waals surface area contributed by atoms with E-state index < -0.39 is 31.1 Å². The van der Waals surface area contributed by atoms with Crippen molar-refractivity contribution in [2.45, 2.75) is 24.5 Å². The Balaban J connectivity index is 2.11. The molecule has 9 nitrogen and oxygen atoms in total. The Morgan fingerprint density at radius 2 is 2.10 bits per heavy atom. The summed E-state index contributed by atoms with van der Waals surface area (Å²) in [5.41, 5.74) is 6.43. The molecule has 5 N–H and O–H groups in total. The second-order valence-electron chi connectivity index (χ2n) is 4.41. The van der Waals surface area contributed by atoms with E-state index in [1.807, 2.05) is 0 Å². The van der Waals surface area contributed by atoms with E-state index >= 15 is 0 Å². The maximum atomic E-state index is 10.1. The van der Waals surface area contributed by atoms with Crippen molar-refractivity contribution < 1.29 is 20.1 Å². The number of fused-ring (bicyclic) bond motifs is 1. The van der Waals surface area contributed by atoms with Gasteiger partial charge in [-0.15, -0.1) is 0 Å². The standard InChI is InChI=1S/C10H12BrN5O4/c11-10-15-4-7(12)13-2-14-8(4)16(10)9-6(19)5(18)3(1-17)20-9/h2-3,5-6,9,17-19H,1H2,(H2,12,13,14)/t3-,5+,6?,9-/m1/s1. The third-order valence-corrected chi connectivity index (χ3v) is 3.79. The zero-order valence-corrected chi connectivity index (χ0v) is 11.7. The topological polar surface area (TPSA) is 140 Å². The van der Waals surface area contributed by atoms with Gasteiger partial charge in [0.25, 0.3) is 0 Å². The zero-order chi connectivity index (χ0) is 14.4. The Hall–Kier alpha value is -1.33. The van der Waals surface area contributed by atoms with Gasteiger partial charge in [0.15, 0.2) is 27.9 Å². The molecule has 0 bridgehead atoms. The first kappa shape index (κ1) is 13.6. The molecule has 3 rings (SSSR count). The van der Waals surface area contributed by atoms with E-state index in [-0.39, 0.29) is 5.82 Å². The highest BCUT2D eigenvalue weighted by Gasteiger charge is 2.44. The fourth-order valence-corrected chi connectivity index (χ4v) is 2.77. The quantitative estimate of drug-likeness (QED) is 0.496. The molecule has 1 aliphatic heterocycles. The Morgan fingerprint density at radius 3 is 2.75 bits per heavy atom. The summed E-state index contributed by atoms with van der Waals surface area (Å²) in [6.45, 7) is -0.407. The molecule has 2 aromatic rings. The van der Waals surface area contributed by atoms with Gasteiger partial charge in [0.2, 0.25) is 0 Å². The van der Waals surface area contributed by atoms with E-state index in [2.05, 4.69) is 30.9 Å². The smallest absolute Gasteiger partial charge is 0.181 e. The Kier molecular flexibility index (Phi) is 3.34. The number of nitrogens with zero attached hydrogens (tertiary/aromatic N) is 4. The van der Waals surface area contributed by atoms with Crippen LogP contribution in [0.5, 0.6) is 0 Å². The second-order valence-corrected chi connectivity index (χ2v) is 5.12. The van der Waals surface area contributed by atoms with Gasteiger partial charge in [-0.2, -0.15) is 0 Å². The molecule has 0 aliphatic carbocycles. The minimum absolute atomic E-state index is 0.196. The van der Waals surface area contributed by atoms with Crippen LogP contribution in [0, 0.1) is 0 Å². The molecule has 3 heterocycles. The number of hydrogen-bond acceptors (Lipinski definition) is 8. The van der Waals surface area contributed by atoms with Gasteiger partial charge in [0, 0.05) is 0 Å². The van der Waals surface area contributed by atoms with Crippen molar-refractivity contribution in [1.82, 2.24) is 19.5 Å². The molecule has 2 aromatic heterocycles. The third kappa shape index (κ3) is 1.88. The number of ether oxygens (including phenoxy) is 1. The van der Waals surface area contributed by atoms with Crippen molar-refractivity contribution in [2.24, 2.45) is 0 Å². The summed E-state index contributed by atoms with van der Waals surface area (Å²) < 4.78 is 7.23. The lowest BCUT2D eigenvalue weighted by molar-refractivity contribution is -0.0521. The number of hydrogen-bond donors (Lipinski definition) is 4. The van der Waals surface area contributed by atoms with Crippen LogP contribution in [-0.2, 0) is 4.74 Å². The van der Waals surface area contributed by atoms with Crippen LogP contribution in [0.15, 0.2) is 11.1 Å². The van der Waals surface area contributed by atoms with E-state index in [9.17, 15) is 10.2 Å². The van der Waals surface area contributed by atoms with Crippen LogP contribution in [0.4, 0.5) is 5.82 Å². The summed E-state index contributed by atoms with van der Waals surface area (Å²) in [5.74, 6) is 0.196. The number of nitrogens with two attached hydrogens (primary N) is 1. The normalized spacial score (nSPS) is 30.2. The fourth-order valence-electron chi connectivity index (χ4n) is 2.22. The van der Waals surface area contributed by atoms with Gasteiger partial charge in [-0.25, -0.2) is 15.0 Å². The molecule has 0 saturated carbocycles. The summed E-state index contributed by atoms with van der Waals surface area (Å²) in [6.07, 6.45) is -2.97. The largest absolute Gasteiger partial charge is 0.394 e. The number of aliphatic hydroxyl groups excluding tert-OH is 3. The highest BCUT2D eigenvalue weighted by molar-refractivity contribution is 9.10. The van der Waals surface area contributed by atoms with Crippen molar-refractivity contribution in [2.75, 3.05) is 12.3 Å². The average Bonchev–Trinajstić information content (AvgIpc) is 2.90. The minimum Gasteiger partial charge on any atom is -0.394 e. The van der Waals surface area contributed by atoms with Gasteiger partial charge in [-0.05, 0) is 15.9 Å². The number of aromatic nitrogens is 4. The first-order valence-electron chi connectivity index (χ1n) is 5.81. The van der Waals surface area contributed by atoms with Gasteiger partial charge in [0.05, 0.1) is 6.61 Å². The molecule has 4 atom stereocenters. The number of anilines is 1. The molecule has 0 spiro atoms. The summed E-state index contributed by atoms with van der Waals surface area (Å²) >= 11 is 3.24. The maximum Gasteiger partial charge on any atom is 0.181 e. The fraction of sp³-hybridized carbons (Fsp3) is 0.500. The lowest BCUT2D eigenvalue weighted by Crippen LogP contribution is -2.33. The van der Waals surface area contributed by atoms with Crippen molar-refractivity contribution in [3.63, 3.8) is 0 Å². The van der Waals surface area contributed by atoms with E-state index in [4.69, 9.17) is 15.6 Å². The van der Waals surface area contributed by atoms with Crippen LogP contribution in [0.2, 0.25) is 0 Å². The Labute approximate surface area is 121 Å². The highest BCUT2D eigenvalue weighted by Crippen LogP contribution is 2.34. The molecule has 0 amide bonds. The van der Waals surface area contributed by atoms with E-state index in [0.717, 1.165) is 0 Å². The van der Waals surface area contributed by atoms with Gasteiger partial charge < -0.3 is 25.8 Å². The van der Waals surface area contributed by atoms with Crippen molar-refractivity contribution >= 4 is 32.9 Å². The third-order valence-electron chi connectivity index (χ3n) is 3.23. The number of nitrogen functional groups attached to an aromatic ring is 1. The molecule has 1 unspecified atom stereocenters. The summed E-state index contributed by atoms with van der Waals surface area (Å²) in [7, 11) is 0. The van der Waals surface area contributed by atoms with Crippen molar-refractivity contribution in [3.05, 3.63) is 11.1 Å². The number of halogens is 1. The van der Waals surface area contributed by atoms with Crippen LogP contribution < -0.4 is 5.73 Å². The van der Waals surface area contributed by atoms with Gasteiger partial charge in [-0.1, -0.05) is 0 Å². The maximum absolute atomic E-state index is 10.1. The van der Waals surface area contributed by atoms with E-state index in [1.54, 1.807) is 0 Å². The summed E-state index contributed by atoms with van der Waals surface area (Å²) in [6, 6.07) is 0. The van der Waals surface area contributed by atoms with Crippen LogP contribution in [0.25, 0.3) is 11.2 Å². The van der Waals surface area contributed by atoms with Crippen molar-refractivity contribution in [1.29, 1.82) is 0 Å². The van der Waals surface area contributed by atoms with Crippen molar-refractivity contribution in [3.8, 4) is 0 Å². The Bertz CT molecular complexity index is 650. The van der Waals surface area contributed by atoms with E-state index in [1.165, 1.54) is 10.9 Å². The molecule has 1 saturated heterocycles. The first-order valence-corrected chi connectivity index (χ1v) is 6.60. The van der Waals surface area contributed by atoms with Crippen LogP contribution in [0.1, 0.15) is 6.23 Å². The predicted molar refractivity (Wildman–Crippen MR) is 70.4 cm³/mol. The SMILES string of the molecule is Nc1ncnc2c1nc(Br)n2[C@@H]1O[C@H](CO)[C@H](O)C1O. The number of rotatable bonds is 2. The molecular formula is C10H12BrN5O4. The highest BCUT2D eigenvalue weighted by atomic mass is 79.9. The molecule has 10 heteroatoms. The molecule has 0 radical (unpaired) electrons. The van der Waals surface area contributed by atoms with Crippen LogP contribution in [0.3, 0.4) is 0 Å². The lowest BCUT2D eigenvalue weighted by atomic mass is 10.1. The lowest BCUT2D eigenvalue weighted by Gasteiger charge is -2.17. The summed E-state index contributed by atoms with van der Waals surface area (Å²) in [5, 5.41) is 29.0. The summed E-state index contributed by atoms with van der Waals surface area (Å²) in [4.78, 5) is 12.1. The zero-order valence-electron chi connectivity index (χ0n) is 10.1. The average molecular weight is 346 g/mol. The molecule has 108 valence electrons. The van der Waals surface area contributed by atoms with Gasteiger partial charge >= 0.3 is 0 Å². The van der Waals surface area contributed by atoms with Crippen LogP contribution in [-0.4, -0.2) is 59.8 Å². The number of imidazole rings is 1. The van der Waals surface area contributed by atoms with E-state index in [0.29, 0.717) is 15.9 Å². The second kappa shape index (κ2) is 4.90. The molecule has 0 aromatic carbocycles. The monoisotopic (exact) mass is 345 g/mol. The minimum atomic E-state index is -1.22. The first-order chi connectivity index (χ1) is 9.54. The molecule has 1 aliphatic rings.